The molecule has 0 aliphatic carbocycles. The second-order valence-corrected chi connectivity index (χ2v) is 23.5. The number of aromatic nitrogens is 11. The van der Waals surface area contributed by atoms with Gasteiger partial charge in [-0.3, -0.25) is 22.9 Å². The zero-order valence-corrected chi connectivity index (χ0v) is 41.4. The van der Waals surface area contributed by atoms with Gasteiger partial charge in [-0.1, -0.05) is 48.5 Å². The first-order valence-corrected chi connectivity index (χ1v) is 28.2. The number of nitrogens with one attached hydrogen (secondary N) is 4. The summed E-state index contributed by atoms with van der Waals surface area (Å²) in [6, 6.07) is 17.5. The Labute approximate surface area is 424 Å². The van der Waals surface area contributed by atoms with E-state index in [0.717, 1.165) is 42.5 Å². The molecule has 11 rings (SSSR count). The van der Waals surface area contributed by atoms with E-state index in [9.17, 15) is 60.3 Å². The van der Waals surface area contributed by atoms with E-state index < -0.39 is 104 Å². The zero-order valence-electron chi connectivity index (χ0n) is 36.6. The van der Waals surface area contributed by atoms with E-state index in [1.54, 1.807) is 0 Å². The van der Waals surface area contributed by atoms with E-state index >= 15 is 0 Å². The lowest BCUT2D eigenvalue weighted by Crippen LogP contribution is -2.14. The molecule has 34 heteroatoms. The van der Waals surface area contributed by atoms with Gasteiger partial charge in [0.15, 0.2) is 23.3 Å². The van der Waals surface area contributed by atoms with Gasteiger partial charge in [0, 0.05) is 32.7 Å². The summed E-state index contributed by atoms with van der Waals surface area (Å²) in [5.74, 6) is -2.41. The van der Waals surface area contributed by atoms with Crippen molar-refractivity contribution in [2.75, 3.05) is 15.8 Å². The molecule has 0 spiro atoms. The Morgan fingerprint density at radius 3 is 1.41 bits per heavy atom. The van der Waals surface area contributed by atoms with Gasteiger partial charge in [-0.2, -0.15) is 48.6 Å². The molecule has 0 saturated carbocycles. The van der Waals surface area contributed by atoms with Crippen LogP contribution in [-0.4, -0.2) is 115 Å². The molecule has 28 nitrogen and oxygen atoms in total. The average Bonchev–Trinajstić information content (AvgIpc) is 4.07. The maximum Gasteiger partial charge on any atom is 0.296 e. The first kappa shape index (κ1) is 49.0. The van der Waals surface area contributed by atoms with Gasteiger partial charge in [-0.05, 0) is 54.1 Å². The van der Waals surface area contributed by atoms with Crippen molar-refractivity contribution in [3.63, 3.8) is 0 Å². The third-order valence-corrected chi connectivity index (χ3v) is 16.5. The number of nitrogen functional groups attached to an aromatic ring is 1. The molecular weight excluding hydrogens is 1110 g/mol. The number of H-pyrrole nitrogens is 2. The number of anilines is 4. The van der Waals surface area contributed by atoms with Crippen LogP contribution in [0.15, 0.2) is 115 Å². The van der Waals surface area contributed by atoms with E-state index in [1.807, 2.05) is 0 Å². The SMILES string of the molecule is Nc1nc(Cl)nc(Nc2cc(NS(=O)(=O)c3cccc4c5nc6nc(nc7[nH]c(nc8nc(nc([nH]5)c34)-c3cccc(S(=O)(=O)O)c3-8)c3cccc(S(=O)(=O)O)c73)-c3cccc(S(=O)(=O)O)c3-6)ccc2S(=O)(=O)O)n1. The minimum atomic E-state index is -5.09. The second-order valence-electron chi connectivity index (χ2n) is 16.0. The minimum Gasteiger partial charge on any atom is -0.368 e. The summed E-state index contributed by atoms with van der Waals surface area (Å²) < 4.78 is 176. The van der Waals surface area contributed by atoms with Crippen LogP contribution in [0.4, 0.5) is 23.3 Å². The summed E-state index contributed by atoms with van der Waals surface area (Å²) in [6.45, 7) is 0. The van der Waals surface area contributed by atoms with Crippen LogP contribution in [0, 0.1) is 0 Å². The standard InChI is InChI=1S/C41H25ClN14O14S5/c42-39-53-40(43)55-41(54-39)44-21-15-16(13-14-22(21)72(59,60)61)56-71(57,58)23-9-1-5-17-27(23)35-45-31(17)47-36-29-19(7-3-11-25(29)74(65,66)67)33(49-36)51-38-30-20(8-4-12-26(30)75(68,69)70)34(52-38)50-37-28-18(32(46-35)48-37)6-2-10-24(28)73(62,63)64/h1-15,56H,(H,59,60,61)(H,62,63,64)(H,65,66,67)(H,68,69,70)(H3,43,44,53,54,55)(H2,45,46,47,48,49,50,51,52). The molecule has 0 unspecified atom stereocenters. The summed E-state index contributed by atoms with van der Waals surface area (Å²) in [5, 5.41) is 1.45. The number of nitrogens with zero attached hydrogens (tertiary/aromatic N) is 9. The van der Waals surface area contributed by atoms with E-state index in [1.165, 1.54) is 48.5 Å². The number of halogens is 1. The third kappa shape index (κ3) is 8.65. The Morgan fingerprint density at radius 2 is 0.920 bits per heavy atom. The van der Waals surface area contributed by atoms with Gasteiger partial charge in [0.25, 0.3) is 50.5 Å². The van der Waals surface area contributed by atoms with Crippen LogP contribution in [0.5, 0.6) is 0 Å². The van der Waals surface area contributed by atoms with E-state index in [-0.39, 0.29) is 89.7 Å². The fourth-order valence-corrected chi connectivity index (χ4v) is 12.6. The number of benzene rings is 5. The number of fused-ring (bicyclic) bond motifs is 20. The van der Waals surface area contributed by atoms with Gasteiger partial charge in [0.1, 0.15) is 42.2 Å². The van der Waals surface area contributed by atoms with Crippen molar-refractivity contribution in [3.8, 4) is 45.6 Å². The molecule has 0 atom stereocenters. The summed E-state index contributed by atoms with van der Waals surface area (Å²) >= 11 is 5.90. The smallest absolute Gasteiger partial charge is 0.296 e. The van der Waals surface area contributed by atoms with Crippen LogP contribution in [0.25, 0.3) is 89.7 Å². The molecule has 0 fully saturated rings. The van der Waals surface area contributed by atoms with Crippen LogP contribution in [0.2, 0.25) is 5.28 Å². The highest BCUT2D eigenvalue weighted by Crippen LogP contribution is 2.42. The van der Waals surface area contributed by atoms with E-state index in [2.05, 4.69) is 64.9 Å². The first-order valence-electron chi connectivity index (χ1n) is 20.6. The van der Waals surface area contributed by atoms with Crippen LogP contribution >= 0.6 is 11.6 Å². The van der Waals surface area contributed by atoms with Gasteiger partial charge in [0.05, 0.1) is 27.4 Å². The van der Waals surface area contributed by atoms with Crippen LogP contribution < -0.4 is 15.8 Å². The quantitative estimate of drug-likeness (QED) is 0.0874. The zero-order chi connectivity index (χ0) is 53.3. The Balaban J connectivity index is 1.24. The lowest BCUT2D eigenvalue weighted by Gasteiger charge is -2.13. The molecule has 2 aliphatic rings. The minimum absolute atomic E-state index is 0.0520. The predicted octanol–water partition coefficient (Wildman–Crippen LogP) is 4.82. The van der Waals surface area contributed by atoms with Crippen LogP contribution in [-0.2, 0) is 50.5 Å². The first-order chi connectivity index (χ1) is 35.2. The molecule has 2 aliphatic heterocycles. The fraction of sp³-hybridized carbons (Fsp3) is 0. The highest BCUT2D eigenvalue weighted by atomic mass is 35.5. The molecule has 5 aromatic carbocycles. The van der Waals surface area contributed by atoms with E-state index in [0.29, 0.717) is 0 Å². The van der Waals surface area contributed by atoms with Crippen molar-refractivity contribution in [1.82, 2.24) is 54.8 Å². The van der Waals surface area contributed by atoms with Crippen LogP contribution in [0.3, 0.4) is 0 Å². The molecule has 0 saturated heterocycles. The lowest BCUT2D eigenvalue weighted by molar-refractivity contribution is 0.481. The van der Waals surface area contributed by atoms with Gasteiger partial charge in [-0.15, -0.1) is 0 Å². The number of rotatable bonds is 9. The Morgan fingerprint density at radius 1 is 0.467 bits per heavy atom. The average molecular weight is 1130 g/mol. The van der Waals surface area contributed by atoms with Crippen molar-refractivity contribution in [1.29, 1.82) is 0 Å². The fourth-order valence-electron chi connectivity index (χ4n) is 8.40. The van der Waals surface area contributed by atoms with E-state index in [4.69, 9.17) is 17.3 Å². The third-order valence-electron chi connectivity index (χ3n) is 11.3. The van der Waals surface area contributed by atoms with Crippen molar-refractivity contribution >= 4 is 130 Å². The molecule has 8 bridgehead atoms. The molecule has 6 heterocycles. The molecule has 0 radical (unpaired) electrons. The molecule has 10 N–H and O–H groups in total. The maximum absolute atomic E-state index is 14.8. The Bertz CT molecular complexity index is 4790. The highest BCUT2D eigenvalue weighted by Gasteiger charge is 2.32. The molecule has 75 heavy (non-hydrogen) atoms. The maximum atomic E-state index is 14.8. The van der Waals surface area contributed by atoms with Crippen molar-refractivity contribution in [2.45, 2.75) is 24.5 Å². The van der Waals surface area contributed by atoms with Crippen LogP contribution in [0.1, 0.15) is 0 Å². The number of hydrogen-bond acceptors (Lipinski definition) is 21. The van der Waals surface area contributed by atoms with Crippen molar-refractivity contribution < 1.29 is 60.3 Å². The van der Waals surface area contributed by atoms with Gasteiger partial charge < -0.3 is 21.0 Å². The summed E-state index contributed by atoms with van der Waals surface area (Å²) in [4.78, 5) is 41.0. The lowest BCUT2D eigenvalue weighted by atomic mass is 10.1. The van der Waals surface area contributed by atoms with Crippen molar-refractivity contribution in [2.24, 2.45) is 0 Å². The molecule has 9 aromatic rings. The van der Waals surface area contributed by atoms with Crippen molar-refractivity contribution in [3.05, 3.63) is 96.3 Å². The van der Waals surface area contributed by atoms with Gasteiger partial charge >= 0.3 is 0 Å². The van der Waals surface area contributed by atoms with Gasteiger partial charge in [-0.25, -0.2) is 38.3 Å². The van der Waals surface area contributed by atoms with Gasteiger partial charge in [0.2, 0.25) is 17.2 Å². The molecule has 4 aromatic heterocycles. The topological polar surface area (TPSA) is 449 Å². The molecular formula is C41H25ClN14O14S5. The predicted molar refractivity (Wildman–Crippen MR) is 265 cm³/mol. The normalized spacial score (nSPS) is 12.9. The Kier molecular flexibility index (Phi) is 11.0. The molecule has 0 amide bonds. The summed E-state index contributed by atoms with van der Waals surface area (Å²) in [7, 11) is -25.1. The largest absolute Gasteiger partial charge is 0.368 e. The summed E-state index contributed by atoms with van der Waals surface area (Å²) in [5.41, 5.74) is 2.79. The second kappa shape index (κ2) is 16.9. The number of hydrogen-bond donors (Lipinski definition) is 9. The number of nitrogens with two attached hydrogens (primary N) is 1. The number of sulfonamides is 1. The summed E-state index contributed by atoms with van der Waals surface area (Å²) in [6.07, 6.45) is 0. The molecule has 380 valence electrons. The highest BCUT2D eigenvalue weighted by molar-refractivity contribution is 7.93. The monoisotopic (exact) mass is 1130 g/mol. The Hall–Kier alpha value is -8.25. The number of aromatic amines is 2.